The fourth-order valence-corrected chi connectivity index (χ4v) is 0.607. The summed E-state index contributed by atoms with van der Waals surface area (Å²) >= 11 is 5.44. The highest BCUT2D eigenvalue weighted by molar-refractivity contribution is 6.18. The van der Waals surface area contributed by atoms with Gasteiger partial charge in [-0.2, -0.15) is 0 Å². The second-order valence-corrected chi connectivity index (χ2v) is 1.59. The lowest BCUT2D eigenvalue weighted by Gasteiger charge is -2.08. The molecule has 0 aromatic heterocycles. The summed E-state index contributed by atoms with van der Waals surface area (Å²) in [6.07, 6.45) is 0.252. The van der Waals surface area contributed by atoms with Crippen molar-refractivity contribution < 1.29 is 0 Å². The molecular weight excluding hydrogens is 112 g/mol. The summed E-state index contributed by atoms with van der Waals surface area (Å²) in [6, 6.07) is 0. The largest absolute Gasteiger partial charge is 0.304 e. The minimum Gasteiger partial charge on any atom is -0.304 e. The molecule has 0 spiro atoms. The van der Waals surface area contributed by atoms with Gasteiger partial charge in [-0.3, -0.25) is 0 Å². The van der Waals surface area contributed by atoms with Crippen LogP contribution in [0.25, 0.3) is 0 Å². The number of rotatable bonds is 3. The fraction of sp³-hybridized carbons (Fsp3) is 1.00. The molecular formula is C4H11ClN2. The van der Waals surface area contributed by atoms with Gasteiger partial charge in [-0.1, -0.05) is 0 Å². The normalized spacial score (nSPS) is 10.3. The standard InChI is InChI=1S/C4H11ClN2/c1-6-4(3-5)7-2/h4,6-7H,3H2,1-2H3. The first-order chi connectivity index (χ1) is 3.35. The van der Waals surface area contributed by atoms with E-state index in [1.807, 2.05) is 14.1 Å². The van der Waals surface area contributed by atoms with E-state index in [0.717, 1.165) is 0 Å². The van der Waals surface area contributed by atoms with E-state index in [1.54, 1.807) is 0 Å². The van der Waals surface area contributed by atoms with Crippen LogP contribution in [0.5, 0.6) is 0 Å². The molecule has 7 heavy (non-hydrogen) atoms. The van der Waals surface area contributed by atoms with E-state index in [4.69, 9.17) is 11.6 Å². The van der Waals surface area contributed by atoms with Crippen molar-refractivity contribution in [3.8, 4) is 0 Å². The van der Waals surface area contributed by atoms with Crippen molar-refractivity contribution in [2.75, 3.05) is 20.0 Å². The number of halogens is 1. The Bertz CT molecular complexity index is 31.2. The maximum atomic E-state index is 5.44. The Morgan fingerprint density at radius 1 is 1.43 bits per heavy atom. The van der Waals surface area contributed by atoms with E-state index in [-0.39, 0.29) is 6.17 Å². The van der Waals surface area contributed by atoms with Gasteiger partial charge in [0.15, 0.2) is 0 Å². The Morgan fingerprint density at radius 3 is 1.86 bits per heavy atom. The smallest absolute Gasteiger partial charge is 0.0706 e. The van der Waals surface area contributed by atoms with Crippen LogP contribution in [0.2, 0.25) is 0 Å². The summed E-state index contributed by atoms with van der Waals surface area (Å²) in [5.74, 6) is 0.604. The maximum Gasteiger partial charge on any atom is 0.0706 e. The van der Waals surface area contributed by atoms with Gasteiger partial charge >= 0.3 is 0 Å². The highest BCUT2D eigenvalue weighted by atomic mass is 35.5. The van der Waals surface area contributed by atoms with Gasteiger partial charge in [0.05, 0.1) is 12.0 Å². The third-order valence-electron chi connectivity index (χ3n) is 0.851. The molecule has 0 aromatic rings. The van der Waals surface area contributed by atoms with Crippen molar-refractivity contribution in [3.05, 3.63) is 0 Å². The summed E-state index contributed by atoms with van der Waals surface area (Å²) in [4.78, 5) is 0. The Morgan fingerprint density at radius 2 is 1.86 bits per heavy atom. The van der Waals surface area contributed by atoms with Gasteiger partial charge in [0, 0.05) is 0 Å². The first kappa shape index (κ1) is 7.21. The quantitative estimate of drug-likeness (QED) is 0.407. The zero-order valence-electron chi connectivity index (χ0n) is 4.66. The summed E-state index contributed by atoms with van der Waals surface area (Å²) in [7, 11) is 3.73. The average Bonchev–Trinajstić information content (AvgIpc) is 1.72. The molecule has 0 aliphatic rings. The molecule has 0 fully saturated rings. The van der Waals surface area contributed by atoms with E-state index in [9.17, 15) is 0 Å². The third kappa shape index (κ3) is 2.85. The van der Waals surface area contributed by atoms with Gasteiger partial charge in [0.1, 0.15) is 0 Å². The number of alkyl halides is 1. The van der Waals surface area contributed by atoms with Gasteiger partial charge in [-0.05, 0) is 14.1 Å². The topological polar surface area (TPSA) is 24.1 Å². The monoisotopic (exact) mass is 122 g/mol. The zero-order valence-corrected chi connectivity index (χ0v) is 5.42. The van der Waals surface area contributed by atoms with Crippen molar-refractivity contribution in [1.82, 2.24) is 10.6 Å². The maximum absolute atomic E-state index is 5.44. The lowest BCUT2D eigenvalue weighted by atomic mass is 10.6. The van der Waals surface area contributed by atoms with E-state index in [2.05, 4.69) is 10.6 Å². The Hall–Kier alpha value is 0.210. The van der Waals surface area contributed by atoms with Crippen LogP contribution in [0.1, 0.15) is 0 Å². The summed E-state index contributed by atoms with van der Waals surface area (Å²) in [6.45, 7) is 0. The molecule has 0 rings (SSSR count). The fourth-order valence-electron chi connectivity index (χ4n) is 0.299. The number of nitrogens with one attached hydrogen (secondary N) is 2. The molecule has 0 aromatic carbocycles. The van der Waals surface area contributed by atoms with Crippen molar-refractivity contribution in [2.45, 2.75) is 6.17 Å². The van der Waals surface area contributed by atoms with Crippen LogP contribution in [0.4, 0.5) is 0 Å². The molecule has 44 valence electrons. The number of hydrogen-bond acceptors (Lipinski definition) is 2. The summed E-state index contributed by atoms with van der Waals surface area (Å²) in [5.41, 5.74) is 0. The van der Waals surface area contributed by atoms with Gasteiger partial charge in [0.2, 0.25) is 0 Å². The van der Waals surface area contributed by atoms with Crippen molar-refractivity contribution in [1.29, 1.82) is 0 Å². The lowest BCUT2D eigenvalue weighted by molar-refractivity contribution is 0.542. The van der Waals surface area contributed by atoms with Crippen LogP contribution in [0.3, 0.4) is 0 Å². The first-order valence-electron chi connectivity index (χ1n) is 2.25. The molecule has 0 aliphatic heterocycles. The molecule has 0 amide bonds. The molecule has 0 radical (unpaired) electrons. The molecule has 0 atom stereocenters. The van der Waals surface area contributed by atoms with E-state index < -0.39 is 0 Å². The van der Waals surface area contributed by atoms with Crippen LogP contribution in [0.15, 0.2) is 0 Å². The predicted octanol–water partition coefficient (Wildman–Crippen LogP) is -0.00990. The molecule has 0 saturated heterocycles. The second-order valence-electron chi connectivity index (χ2n) is 1.28. The molecule has 0 saturated carbocycles. The van der Waals surface area contributed by atoms with Gasteiger partial charge in [0.25, 0.3) is 0 Å². The minimum atomic E-state index is 0.252. The minimum absolute atomic E-state index is 0.252. The van der Waals surface area contributed by atoms with E-state index in [0.29, 0.717) is 5.88 Å². The van der Waals surface area contributed by atoms with Crippen LogP contribution < -0.4 is 10.6 Å². The van der Waals surface area contributed by atoms with Crippen LogP contribution >= 0.6 is 11.6 Å². The molecule has 2 N–H and O–H groups in total. The van der Waals surface area contributed by atoms with Crippen molar-refractivity contribution >= 4 is 11.6 Å². The summed E-state index contributed by atoms with van der Waals surface area (Å²) < 4.78 is 0. The lowest BCUT2D eigenvalue weighted by Crippen LogP contribution is -2.38. The zero-order chi connectivity index (χ0) is 5.70. The molecule has 0 bridgehead atoms. The Balaban J connectivity index is 2.99. The molecule has 0 aliphatic carbocycles. The molecule has 3 heteroatoms. The van der Waals surface area contributed by atoms with E-state index in [1.165, 1.54) is 0 Å². The van der Waals surface area contributed by atoms with Gasteiger partial charge in [-0.25, -0.2) is 0 Å². The molecule has 0 heterocycles. The predicted molar refractivity (Wildman–Crippen MR) is 32.6 cm³/mol. The average molecular weight is 123 g/mol. The van der Waals surface area contributed by atoms with Crippen LogP contribution in [-0.2, 0) is 0 Å². The van der Waals surface area contributed by atoms with Crippen molar-refractivity contribution in [2.24, 2.45) is 0 Å². The molecule has 2 nitrogen and oxygen atoms in total. The Kier molecular flexibility index (Phi) is 4.50. The van der Waals surface area contributed by atoms with Crippen LogP contribution in [0, 0.1) is 0 Å². The highest BCUT2D eigenvalue weighted by Gasteiger charge is 1.94. The molecule has 0 unspecified atom stereocenters. The second kappa shape index (κ2) is 4.37. The first-order valence-corrected chi connectivity index (χ1v) is 2.79. The van der Waals surface area contributed by atoms with Crippen LogP contribution in [-0.4, -0.2) is 26.1 Å². The van der Waals surface area contributed by atoms with Gasteiger partial charge in [-0.15, -0.1) is 11.6 Å². The Labute approximate surface area is 49.2 Å². The van der Waals surface area contributed by atoms with Crippen molar-refractivity contribution in [3.63, 3.8) is 0 Å². The van der Waals surface area contributed by atoms with Gasteiger partial charge < -0.3 is 10.6 Å². The third-order valence-corrected chi connectivity index (χ3v) is 1.16. The number of hydrogen-bond donors (Lipinski definition) is 2. The highest BCUT2D eigenvalue weighted by Crippen LogP contribution is 1.77. The van der Waals surface area contributed by atoms with E-state index >= 15 is 0 Å². The summed E-state index contributed by atoms with van der Waals surface area (Å²) in [5, 5.41) is 5.92. The SMILES string of the molecule is CNC(CCl)NC.